The molecule has 7 heteroatoms. The van der Waals surface area contributed by atoms with Crippen LogP contribution < -0.4 is 14.8 Å². The number of carbonyl (C=O) groups is 1. The number of ether oxygens (including phenoxy) is 2. The van der Waals surface area contributed by atoms with Gasteiger partial charge in [0.1, 0.15) is 11.5 Å². The highest BCUT2D eigenvalue weighted by atomic mass is 16.5. The maximum absolute atomic E-state index is 11.4. The molecule has 35 heavy (non-hydrogen) atoms. The van der Waals surface area contributed by atoms with E-state index in [2.05, 4.69) is 30.7 Å². The molecule has 0 saturated heterocycles. The lowest BCUT2D eigenvalue weighted by molar-refractivity contribution is -0.136. The van der Waals surface area contributed by atoms with Gasteiger partial charge >= 0.3 is 5.97 Å². The Morgan fingerprint density at radius 3 is 2.54 bits per heavy atom. The topological polar surface area (TPSA) is 85.6 Å². The number of imidazole rings is 1. The number of hydrogen-bond acceptors (Lipinski definition) is 5. The summed E-state index contributed by atoms with van der Waals surface area (Å²) in [7, 11) is 1.58. The fourth-order valence-electron chi connectivity index (χ4n) is 5.62. The second-order valence-corrected chi connectivity index (χ2v) is 10.9. The number of rotatable bonds is 8. The van der Waals surface area contributed by atoms with Gasteiger partial charge in [0.25, 0.3) is 0 Å². The minimum atomic E-state index is -0.896. The van der Waals surface area contributed by atoms with E-state index in [1.54, 1.807) is 7.11 Å². The van der Waals surface area contributed by atoms with Crippen molar-refractivity contribution >= 4 is 28.6 Å². The van der Waals surface area contributed by atoms with E-state index in [1.165, 1.54) is 6.42 Å². The lowest BCUT2D eigenvalue weighted by atomic mass is 9.70. The minimum Gasteiger partial charge on any atom is -0.496 e. The van der Waals surface area contributed by atoms with E-state index in [4.69, 9.17) is 14.5 Å². The molecule has 3 aromatic rings. The highest BCUT2D eigenvalue weighted by molar-refractivity contribution is 5.84. The van der Waals surface area contributed by atoms with Crippen molar-refractivity contribution < 1.29 is 19.4 Å². The van der Waals surface area contributed by atoms with Crippen molar-refractivity contribution in [1.29, 1.82) is 0 Å². The van der Waals surface area contributed by atoms with Gasteiger partial charge < -0.3 is 24.5 Å². The summed E-state index contributed by atoms with van der Waals surface area (Å²) in [6.07, 6.45) is 3.30. The number of aliphatic carboxylic acids is 1. The summed E-state index contributed by atoms with van der Waals surface area (Å²) in [5.74, 6) is 1.85. The molecule has 2 unspecified atom stereocenters. The monoisotopic (exact) mass is 479 g/mol. The average molecular weight is 480 g/mol. The largest absolute Gasteiger partial charge is 0.496 e. The number of benzene rings is 2. The summed E-state index contributed by atoms with van der Waals surface area (Å²) in [6, 6.07) is 11.9. The van der Waals surface area contributed by atoms with Crippen LogP contribution in [0.15, 0.2) is 36.4 Å². The Labute approximate surface area is 207 Å². The standard InChI is InChI=1S/C28H37N3O4/c1-17(2)35-22-9-7-20(8-10-22)29-27-30-23-12-19(13-26(32)33)25(34-6)14-24(23)31(27)21-11-18(3)15-28(4,5)16-21/h7-10,12,14,17-18,21H,11,13,15-16H2,1-6H3,(H,29,30)(H,32,33). The van der Waals surface area contributed by atoms with E-state index < -0.39 is 5.97 Å². The molecule has 1 saturated carbocycles. The second kappa shape index (κ2) is 9.80. The Kier molecular flexibility index (Phi) is 6.97. The molecule has 7 nitrogen and oxygen atoms in total. The number of nitrogens with one attached hydrogen (secondary N) is 1. The van der Waals surface area contributed by atoms with Gasteiger partial charge in [0.2, 0.25) is 5.95 Å². The van der Waals surface area contributed by atoms with Gasteiger partial charge in [-0.1, -0.05) is 20.8 Å². The molecule has 2 atom stereocenters. The predicted octanol–water partition coefficient (Wildman–Crippen LogP) is 6.59. The number of aromatic nitrogens is 2. The molecule has 0 amide bonds. The highest BCUT2D eigenvalue weighted by Crippen LogP contribution is 2.46. The maximum Gasteiger partial charge on any atom is 0.307 e. The smallest absolute Gasteiger partial charge is 0.307 e. The number of nitrogens with zero attached hydrogens (tertiary/aromatic N) is 2. The van der Waals surface area contributed by atoms with Crippen molar-refractivity contribution in [3.05, 3.63) is 42.0 Å². The van der Waals surface area contributed by atoms with E-state index in [-0.39, 0.29) is 24.0 Å². The van der Waals surface area contributed by atoms with Gasteiger partial charge in [0.05, 0.1) is 30.7 Å². The van der Waals surface area contributed by atoms with Crippen LogP contribution in [0.5, 0.6) is 11.5 Å². The first-order valence-electron chi connectivity index (χ1n) is 12.4. The molecule has 1 fully saturated rings. The van der Waals surface area contributed by atoms with Gasteiger partial charge in [0, 0.05) is 23.4 Å². The SMILES string of the molecule is COc1cc2c(cc1CC(=O)O)nc(Nc1ccc(OC(C)C)cc1)n2C1CC(C)CC(C)(C)C1. The summed E-state index contributed by atoms with van der Waals surface area (Å²) in [4.78, 5) is 16.4. The average Bonchev–Trinajstić information content (AvgIpc) is 3.08. The zero-order valence-corrected chi connectivity index (χ0v) is 21.6. The van der Waals surface area contributed by atoms with Crippen LogP contribution in [0.1, 0.15) is 65.5 Å². The van der Waals surface area contributed by atoms with Crippen LogP contribution in [-0.4, -0.2) is 33.8 Å². The van der Waals surface area contributed by atoms with Gasteiger partial charge in [-0.2, -0.15) is 0 Å². The summed E-state index contributed by atoms with van der Waals surface area (Å²) < 4.78 is 13.7. The Bertz CT molecular complexity index is 1200. The summed E-state index contributed by atoms with van der Waals surface area (Å²) in [6.45, 7) is 11.0. The molecular weight excluding hydrogens is 442 g/mol. The Morgan fingerprint density at radius 1 is 1.23 bits per heavy atom. The van der Waals surface area contributed by atoms with Crippen molar-refractivity contribution in [3.63, 3.8) is 0 Å². The van der Waals surface area contributed by atoms with Crippen LogP contribution in [0.4, 0.5) is 11.6 Å². The molecule has 2 N–H and O–H groups in total. The number of carboxylic acids is 1. The summed E-state index contributed by atoms with van der Waals surface area (Å²) in [5, 5.41) is 12.9. The highest BCUT2D eigenvalue weighted by Gasteiger charge is 2.35. The van der Waals surface area contributed by atoms with E-state index in [0.717, 1.165) is 41.3 Å². The lowest BCUT2D eigenvalue weighted by Crippen LogP contribution is -2.29. The first-order chi connectivity index (χ1) is 16.5. The molecule has 0 bridgehead atoms. The van der Waals surface area contributed by atoms with Gasteiger partial charge in [-0.15, -0.1) is 0 Å². The quantitative estimate of drug-likeness (QED) is 0.379. The van der Waals surface area contributed by atoms with Crippen molar-refractivity contribution in [2.45, 2.75) is 72.4 Å². The van der Waals surface area contributed by atoms with Crippen molar-refractivity contribution in [2.75, 3.05) is 12.4 Å². The summed E-state index contributed by atoms with van der Waals surface area (Å²) >= 11 is 0. The van der Waals surface area contributed by atoms with Crippen LogP contribution in [-0.2, 0) is 11.2 Å². The van der Waals surface area contributed by atoms with Crippen LogP contribution in [0.3, 0.4) is 0 Å². The van der Waals surface area contributed by atoms with Gasteiger partial charge in [-0.25, -0.2) is 4.98 Å². The first-order valence-corrected chi connectivity index (χ1v) is 12.4. The lowest BCUT2D eigenvalue weighted by Gasteiger charge is -2.40. The van der Waals surface area contributed by atoms with E-state index >= 15 is 0 Å². The normalized spacial score (nSPS) is 19.6. The molecule has 1 aliphatic carbocycles. The van der Waals surface area contributed by atoms with Crippen molar-refractivity contribution in [1.82, 2.24) is 9.55 Å². The molecule has 0 spiro atoms. The zero-order chi connectivity index (χ0) is 25.3. The van der Waals surface area contributed by atoms with Crippen molar-refractivity contribution in [2.24, 2.45) is 11.3 Å². The van der Waals surface area contributed by atoms with Gasteiger partial charge in [-0.05, 0) is 74.8 Å². The minimum absolute atomic E-state index is 0.112. The molecule has 0 aliphatic heterocycles. The fourth-order valence-corrected chi connectivity index (χ4v) is 5.62. The molecule has 4 rings (SSSR count). The number of hydrogen-bond donors (Lipinski definition) is 2. The number of methoxy groups -OCH3 is 1. The molecule has 0 radical (unpaired) electrons. The summed E-state index contributed by atoms with van der Waals surface area (Å²) in [5.41, 5.74) is 3.47. The van der Waals surface area contributed by atoms with E-state index in [0.29, 0.717) is 17.2 Å². The predicted molar refractivity (Wildman–Crippen MR) is 139 cm³/mol. The fraction of sp³-hybridized carbons (Fsp3) is 0.500. The first kappa shape index (κ1) is 24.9. The Balaban J connectivity index is 1.80. The Morgan fingerprint density at radius 2 is 1.94 bits per heavy atom. The van der Waals surface area contributed by atoms with Gasteiger partial charge in [-0.3, -0.25) is 4.79 Å². The van der Waals surface area contributed by atoms with Crippen molar-refractivity contribution in [3.8, 4) is 11.5 Å². The third-order valence-corrected chi connectivity index (χ3v) is 6.64. The molecule has 2 aromatic carbocycles. The molecule has 1 aliphatic rings. The van der Waals surface area contributed by atoms with Crippen LogP contribution in [0.25, 0.3) is 11.0 Å². The second-order valence-electron chi connectivity index (χ2n) is 10.9. The maximum atomic E-state index is 11.4. The number of carboxylic acid groups (broad SMARTS) is 1. The third-order valence-electron chi connectivity index (χ3n) is 6.64. The van der Waals surface area contributed by atoms with E-state index in [1.807, 2.05) is 50.2 Å². The third kappa shape index (κ3) is 5.72. The van der Waals surface area contributed by atoms with E-state index in [9.17, 15) is 9.90 Å². The van der Waals surface area contributed by atoms with Crippen LogP contribution >= 0.6 is 0 Å². The molecule has 188 valence electrons. The molecule has 1 aromatic heterocycles. The van der Waals surface area contributed by atoms with Gasteiger partial charge in [0.15, 0.2) is 0 Å². The zero-order valence-electron chi connectivity index (χ0n) is 21.6. The molecule has 1 heterocycles. The van der Waals surface area contributed by atoms with Crippen LogP contribution in [0.2, 0.25) is 0 Å². The number of fused-ring (bicyclic) bond motifs is 1. The molecular formula is C28H37N3O4. The Hall–Kier alpha value is -3.22. The number of anilines is 2. The van der Waals surface area contributed by atoms with Crippen LogP contribution in [0, 0.1) is 11.3 Å².